The molecular formula is C75H118ClN9O14. The van der Waals surface area contributed by atoms with Crippen LogP contribution in [0.2, 0.25) is 5.02 Å². The summed E-state index contributed by atoms with van der Waals surface area (Å²) in [6, 6.07) is 24.3. The van der Waals surface area contributed by atoms with Crippen LogP contribution in [0.15, 0.2) is 102 Å². The Hall–Kier alpha value is -9.12. The fourth-order valence-electron chi connectivity index (χ4n) is 6.90. The first-order valence-corrected chi connectivity index (χ1v) is 31.0. The third kappa shape index (κ3) is 39.8. The molecule has 0 unspecified atom stereocenters. The van der Waals surface area contributed by atoms with E-state index in [0.29, 0.717) is 29.7 Å². The number of carbonyl (C=O) groups is 12. The molecule has 3 aromatic carbocycles. The molecule has 2 heterocycles. The number of aromatic nitrogens is 3. The minimum Gasteiger partial charge on any atom is -0.506 e. The lowest BCUT2D eigenvalue weighted by molar-refractivity contribution is -0.131. The number of ketones is 6. The lowest BCUT2D eigenvalue weighted by atomic mass is 9.95. The van der Waals surface area contributed by atoms with E-state index in [-0.39, 0.29) is 211 Å². The molecule has 5 aromatic rings. The van der Waals surface area contributed by atoms with E-state index in [1.54, 1.807) is 93.8 Å². The molecule has 0 aliphatic heterocycles. The Morgan fingerprint density at radius 3 is 1.21 bits per heavy atom. The first kappa shape index (κ1) is 101. The fourth-order valence-corrected chi connectivity index (χ4v) is 7.08. The van der Waals surface area contributed by atoms with Gasteiger partial charge in [-0.3, -0.25) is 62.5 Å². The second-order valence-corrected chi connectivity index (χ2v) is 24.2. The van der Waals surface area contributed by atoms with Crippen LogP contribution in [0.25, 0.3) is 0 Å². The Morgan fingerprint density at radius 1 is 0.475 bits per heavy atom. The molecule has 1 fully saturated rings. The topological polar surface area (TPSA) is 340 Å². The number of nitrogens with one attached hydrogen (secondary N) is 5. The van der Waals surface area contributed by atoms with Gasteiger partial charge in [0.05, 0.1) is 55.1 Å². The van der Waals surface area contributed by atoms with Gasteiger partial charge in [0.15, 0.2) is 34.6 Å². The van der Waals surface area contributed by atoms with Gasteiger partial charge in [-0.2, -0.15) is 0 Å². The predicted octanol–water partition coefficient (Wildman–Crippen LogP) is 12.3. The number of aryl methyl sites for hydroxylation is 2. The first-order chi connectivity index (χ1) is 43.5. The molecule has 6 rings (SSSR count). The largest absolute Gasteiger partial charge is 0.506 e. The van der Waals surface area contributed by atoms with Gasteiger partial charge in [0, 0.05) is 85.8 Å². The van der Waals surface area contributed by atoms with Crippen molar-refractivity contribution in [2.75, 3.05) is 46.8 Å². The number of hydrogen-bond acceptors (Lipinski definition) is 17. The van der Waals surface area contributed by atoms with Gasteiger partial charge >= 0.3 is 0 Å². The van der Waals surface area contributed by atoms with Crippen LogP contribution in [-0.4, -0.2) is 142 Å². The lowest BCUT2D eigenvalue weighted by Crippen LogP contribution is -2.38. The van der Waals surface area contributed by atoms with Crippen LogP contribution < -0.4 is 26.6 Å². The number of Topliss-reactive ketones (excluding diaryl/α,β-unsaturated/α-hetero) is 6. The summed E-state index contributed by atoms with van der Waals surface area (Å²) in [6.07, 6.45) is 5.36. The van der Waals surface area contributed by atoms with Gasteiger partial charge in [0.25, 0.3) is 23.6 Å². The van der Waals surface area contributed by atoms with Crippen LogP contribution in [0.5, 0.6) is 5.75 Å². The number of nitrogens with zero attached hydrogens (tertiary/aromatic N) is 4. The summed E-state index contributed by atoms with van der Waals surface area (Å²) in [5, 5.41) is 25.7. The third-order valence-corrected chi connectivity index (χ3v) is 14.0. The van der Waals surface area contributed by atoms with Crippen molar-refractivity contribution in [3.05, 3.63) is 142 Å². The Bertz CT molecular complexity index is 3250. The number of hydrogen-bond donors (Lipinski definition) is 6. The van der Waals surface area contributed by atoms with Crippen LogP contribution in [0.4, 0.5) is 0 Å². The van der Waals surface area contributed by atoms with E-state index < -0.39 is 0 Å². The number of carbonyl (C=O) groups excluding carboxylic acids is 12. The van der Waals surface area contributed by atoms with Crippen molar-refractivity contribution >= 4 is 81.7 Å². The van der Waals surface area contributed by atoms with E-state index in [1.165, 1.54) is 41.6 Å². The molecule has 0 radical (unpaired) electrons. The van der Waals surface area contributed by atoms with Crippen LogP contribution in [-0.2, 0) is 43.8 Å². The van der Waals surface area contributed by atoms with Crippen LogP contribution in [0.3, 0.4) is 0 Å². The van der Waals surface area contributed by atoms with E-state index in [4.69, 9.17) is 16.1 Å². The van der Waals surface area contributed by atoms with Gasteiger partial charge in [0.1, 0.15) is 23.0 Å². The molecule has 0 atom stereocenters. The quantitative estimate of drug-likeness (QED) is 0.0316. The Labute approximate surface area is 595 Å². The van der Waals surface area contributed by atoms with Crippen LogP contribution >= 0.6 is 11.6 Å². The number of aromatic hydroxyl groups is 1. The maximum atomic E-state index is 12.2. The normalized spacial score (nSPS) is 10.7. The molecule has 6 amide bonds. The highest BCUT2D eigenvalue weighted by molar-refractivity contribution is 6.32. The average Bonchev–Trinajstić information content (AvgIpc) is 1.61. The summed E-state index contributed by atoms with van der Waals surface area (Å²) < 4.78 is 4.74. The molecule has 1 aliphatic rings. The number of amides is 6. The Kier molecular flexibility index (Phi) is 53.0. The summed E-state index contributed by atoms with van der Waals surface area (Å²) in [5.41, 5.74) is 2.73. The number of phenolic OH excluding ortho intramolecular Hbond substituents is 1. The van der Waals surface area contributed by atoms with Gasteiger partial charge in [-0.1, -0.05) is 193 Å². The monoisotopic (exact) mass is 1400 g/mol. The van der Waals surface area contributed by atoms with Crippen LogP contribution in [0, 0.1) is 49.4 Å². The molecule has 1 saturated carbocycles. The van der Waals surface area contributed by atoms with Crippen molar-refractivity contribution < 1.29 is 67.2 Å². The Morgan fingerprint density at radius 2 is 0.859 bits per heavy atom. The smallest absolute Gasteiger partial charge is 0.273 e. The van der Waals surface area contributed by atoms with E-state index in [0.717, 1.165) is 24.1 Å². The van der Waals surface area contributed by atoms with Gasteiger partial charge in [-0.05, 0) is 62.6 Å². The zero-order chi connectivity index (χ0) is 70.7. The summed E-state index contributed by atoms with van der Waals surface area (Å²) in [5.74, 6) is -0.945. The van der Waals surface area contributed by atoms with Crippen molar-refractivity contribution in [3.8, 4) is 5.75 Å². The molecule has 1 aliphatic carbocycles. The molecule has 2 aromatic heterocycles. The highest BCUT2D eigenvalue weighted by atomic mass is 35.5. The molecule has 0 saturated heterocycles. The number of halogens is 1. The van der Waals surface area contributed by atoms with Gasteiger partial charge in [-0.15, -0.1) is 0 Å². The van der Waals surface area contributed by atoms with E-state index in [2.05, 4.69) is 41.7 Å². The second kappa shape index (κ2) is 52.0. The molecule has 23 nitrogen and oxygen atoms in total. The van der Waals surface area contributed by atoms with Gasteiger partial charge in [-0.25, -0.2) is 4.98 Å². The highest BCUT2D eigenvalue weighted by Gasteiger charge is 2.51. The van der Waals surface area contributed by atoms with Crippen molar-refractivity contribution in [2.24, 2.45) is 35.5 Å². The molecule has 0 bridgehead atoms. The zero-order valence-corrected chi connectivity index (χ0v) is 57.2. The maximum Gasteiger partial charge on any atom is 0.273 e. The van der Waals surface area contributed by atoms with Crippen molar-refractivity contribution in [1.82, 2.24) is 46.6 Å². The zero-order valence-electron chi connectivity index (χ0n) is 56.5. The second-order valence-electron chi connectivity index (χ2n) is 23.8. The molecule has 24 heteroatoms. The molecule has 554 valence electrons. The first-order valence-electron chi connectivity index (χ1n) is 30.6. The Balaban J connectivity index is -0.000000260. The van der Waals surface area contributed by atoms with Crippen LogP contribution in [0.1, 0.15) is 212 Å². The highest BCUT2D eigenvalue weighted by Crippen LogP contribution is 2.48. The summed E-state index contributed by atoms with van der Waals surface area (Å²) in [7, 11) is 3.39. The lowest BCUT2D eigenvalue weighted by Gasteiger charge is -2.15. The van der Waals surface area contributed by atoms with Crippen molar-refractivity contribution in [2.45, 2.75) is 173 Å². The number of rotatable bonds is 25. The molecule has 6 N–H and O–H groups in total. The van der Waals surface area contributed by atoms with E-state index >= 15 is 0 Å². The summed E-state index contributed by atoms with van der Waals surface area (Å²) in [6.45, 7) is 25.5. The summed E-state index contributed by atoms with van der Waals surface area (Å²) in [4.78, 5) is 146. The van der Waals surface area contributed by atoms with Crippen molar-refractivity contribution in [1.29, 1.82) is 0 Å². The minimum absolute atomic E-state index is 0. The van der Waals surface area contributed by atoms with E-state index in [1.807, 2.05) is 77.9 Å². The molecular weight excluding hydrogens is 1290 g/mol. The number of phenols is 1. The fraction of sp³-hybridized carbons (Fsp3) is 0.507. The van der Waals surface area contributed by atoms with Gasteiger partial charge < -0.3 is 41.1 Å². The number of benzene rings is 3. The SMILES string of the molecule is C.C.C.C.C.C.CC(C)C(=O)CCC(=O)N(C)C.CC(C)C(=O)CNC(=O)C1(c2ccccc2)CC1.CC(C)C(=O)CNC(=O)c1ccc(O)c(Cl)c1.CC(C)C(=O)CNC(=O)c1ccccc1.Cc1cc(C(=O)NCC(=O)C(C)C)no1.Cc1cnc(C(=O)NCC(=O)C(C)C)cn1. The maximum absolute atomic E-state index is 12.2. The molecule has 0 spiro atoms. The van der Waals surface area contributed by atoms with Gasteiger partial charge in [0.2, 0.25) is 11.8 Å². The third-order valence-electron chi connectivity index (χ3n) is 13.7. The average molecular weight is 1410 g/mol. The molecule has 99 heavy (non-hydrogen) atoms. The minimum atomic E-state index is -0.388. The summed E-state index contributed by atoms with van der Waals surface area (Å²) >= 11 is 5.67. The standard InChI is InChI=1S/C15H19NO2.C12H14ClNO3.C12H15NO2.C11H15N3O2.C10H14N2O3.C9H17NO2.6CH4/c1-11(2)13(17)10-16-14(18)15(8-9-15)12-6-4-3-5-7-12;1-7(2)11(16)6-14-12(17)8-3-4-10(15)9(13)5-8;1-9(2)11(14)8-13-12(15)10-6-4-3-5-7-10;1-7(2)10(15)6-14-11(16)9-5-12-8(3)4-13-9;1-6(2)9(13)5-11-10(14)8-4-7(3)15-12-8;1-7(2)8(11)5-6-9(12)10(3)4;;;;;;/h3-7,11H,8-10H2,1-2H3,(H,16,18);3-5,7,15H,6H2,1-2H3,(H,14,17);3-7,9H,8H2,1-2H3,(H,13,15);4-5,7H,6H2,1-3H3,(H,14,16);4,6H,5H2,1-3H3,(H,11,14);7H,5-6H2,1-4H3;6*1H4. The van der Waals surface area contributed by atoms with Crippen molar-refractivity contribution in [3.63, 3.8) is 0 Å². The van der Waals surface area contributed by atoms with E-state index in [9.17, 15) is 62.6 Å². The predicted molar refractivity (Wildman–Crippen MR) is 395 cm³/mol.